The van der Waals surface area contributed by atoms with Crippen LogP contribution < -0.4 is 0 Å². The van der Waals surface area contributed by atoms with Gasteiger partial charge in [-0.2, -0.15) is 0 Å². The molecular formula is C2H6CuNa2O2. The molecule has 39 valence electrons. The molecule has 0 rings (SSSR count). The first-order valence-corrected chi connectivity index (χ1v) is 0.928. The number of hydrogen-bond donors (Lipinski definition) is 1. The Balaban J connectivity index is -0.0000000150. The number of hydrogen-bond acceptors (Lipinski definition) is 1. The Morgan fingerprint density at radius 1 is 1.43 bits per heavy atom. The van der Waals surface area contributed by atoms with Gasteiger partial charge in [0.1, 0.15) is 0 Å². The number of carboxylic acids is 1. The summed E-state index contributed by atoms with van der Waals surface area (Å²) in [6, 6.07) is 0. The van der Waals surface area contributed by atoms with Gasteiger partial charge < -0.3 is 5.11 Å². The molecule has 0 bridgehead atoms. The predicted octanol–water partition coefficient (Wildman–Crippen LogP) is -1.21. The van der Waals surface area contributed by atoms with E-state index in [1.54, 1.807) is 0 Å². The van der Waals surface area contributed by atoms with E-state index < -0.39 is 5.97 Å². The third kappa shape index (κ3) is 72.4. The quantitative estimate of drug-likeness (QED) is 0.465. The molecule has 0 aromatic carbocycles. The summed E-state index contributed by atoms with van der Waals surface area (Å²) in [4.78, 5) is 9.00. The summed E-state index contributed by atoms with van der Waals surface area (Å²) in [5.41, 5.74) is 0. The number of aliphatic carboxylic acids is 1. The Labute approximate surface area is 97.5 Å². The van der Waals surface area contributed by atoms with Gasteiger partial charge >= 0.3 is 59.1 Å². The maximum absolute atomic E-state index is 9.00. The molecular weight excluding hydrogens is 166 g/mol. The summed E-state index contributed by atoms with van der Waals surface area (Å²) < 4.78 is 0. The fourth-order valence-electron chi connectivity index (χ4n) is 0. The van der Waals surface area contributed by atoms with Crippen LogP contribution in [0.25, 0.3) is 0 Å². The number of carboxylic acid groups (broad SMARTS) is 1. The van der Waals surface area contributed by atoms with Crippen molar-refractivity contribution in [2.24, 2.45) is 0 Å². The molecule has 2 nitrogen and oxygen atoms in total. The first kappa shape index (κ1) is 23.0. The van der Waals surface area contributed by atoms with Crippen molar-refractivity contribution in [2.75, 3.05) is 0 Å². The summed E-state index contributed by atoms with van der Waals surface area (Å²) in [5.74, 6) is -0.833. The van der Waals surface area contributed by atoms with Gasteiger partial charge in [-0.1, -0.05) is 0 Å². The van der Waals surface area contributed by atoms with Crippen LogP contribution in [0.5, 0.6) is 0 Å². The fraction of sp³-hybridized carbons (Fsp3) is 0.500. The van der Waals surface area contributed by atoms with Crippen molar-refractivity contribution in [1.82, 2.24) is 0 Å². The molecule has 0 spiro atoms. The molecule has 1 radical (unpaired) electrons. The van der Waals surface area contributed by atoms with Crippen LogP contribution in [0, 0.1) is 0 Å². The van der Waals surface area contributed by atoms with Crippen molar-refractivity contribution in [3.63, 3.8) is 0 Å². The SMILES string of the molecule is CC(=O)O.[Cu].[NaH].[NaH]. The van der Waals surface area contributed by atoms with Crippen LogP contribution in [0.4, 0.5) is 0 Å². The average molecular weight is 172 g/mol. The van der Waals surface area contributed by atoms with Crippen molar-refractivity contribution < 1.29 is 27.0 Å². The summed E-state index contributed by atoms with van der Waals surface area (Å²) >= 11 is 0. The Hall–Kier alpha value is 1.99. The van der Waals surface area contributed by atoms with Gasteiger partial charge in [-0.3, -0.25) is 4.79 Å². The molecule has 0 saturated heterocycles. The van der Waals surface area contributed by atoms with E-state index in [-0.39, 0.29) is 76.2 Å². The fourth-order valence-corrected chi connectivity index (χ4v) is 0. The van der Waals surface area contributed by atoms with Crippen molar-refractivity contribution in [2.45, 2.75) is 6.92 Å². The number of carbonyl (C=O) groups is 1. The Morgan fingerprint density at radius 2 is 1.43 bits per heavy atom. The minimum atomic E-state index is -0.833. The molecule has 0 aliphatic heterocycles. The van der Waals surface area contributed by atoms with E-state index in [0.717, 1.165) is 6.92 Å². The van der Waals surface area contributed by atoms with E-state index in [4.69, 9.17) is 9.90 Å². The third-order valence-electron chi connectivity index (χ3n) is 0. The summed E-state index contributed by atoms with van der Waals surface area (Å²) in [6.45, 7) is 1.08. The Bertz CT molecular complexity index is 36.7. The predicted molar refractivity (Wildman–Crippen MR) is 27.6 cm³/mol. The average Bonchev–Trinajstić information content (AvgIpc) is 0.811. The summed E-state index contributed by atoms with van der Waals surface area (Å²) in [5, 5.41) is 7.42. The van der Waals surface area contributed by atoms with E-state index in [1.807, 2.05) is 0 Å². The van der Waals surface area contributed by atoms with Crippen LogP contribution >= 0.6 is 0 Å². The van der Waals surface area contributed by atoms with Gasteiger partial charge in [0.2, 0.25) is 0 Å². The van der Waals surface area contributed by atoms with Crippen molar-refractivity contribution >= 4 is 65.1 Å². The van der Waals surface area contributed by atoms with E-state index in [2.05, 4.69) is 0 Å². The van der Waals surface area contributed by atoms with Crippen LogP contribution in [-0.2, 0) is 21.9 Å². The first-order valence-electron chi connectivity index (χ1n) is 0.928. The second kappa shape index (κ2) is 15.7. The zero-order valence-corrected chi connectivity index (χ0v) is 3.60. The molecule has 0 unspecified atom stereocenters. The van der Waals surface area contributed by atoms with Gasteiger partial charge in [0.25, 0.3) is 5.97 Å². The van der Waals surface area contributed by atoms with Crippen LogP contribution in [0.2, 0.25) is 0 Å². The van der Waals surface area contributed by atoms with Gasteiger partial charge in [-0.25, -0.2) is 0 Å². The summed E-state index contributed by atoms with van der Waals surface area (Å²) in [7, 11) is 0. The monoisotopic (exact) mass is 171 g/mol. The number of rotatable bonds is 0. The van der Waals surface area contributed by atoms with Gasteiger partial charge in [0.15, 0.2) is 0 Å². The maximum atomic E-state index is 9.00. The standard InChI is InChI=1S/C2H4O2.Cu.2Na.2H/c1-2(3)4;;;;;/h1H3,(H,3,4);;;;;. The van der Waals surface area contributed by atoms with Gasteiger partial charge in [0, 0.05) is 24.0 Å². The van der Waals surface area contributed by atoms with Crippen LogP contribution in [-0.4, -0.2) is 70.2 Å². The van der Waals surface area contributed by atoms with Crippen LogP contribution in [0.3, 0.4) is 0 Å². The van der Waals surface area contributed by atoms with E-state index in [9.17, 15) is 0 Å². The molecule has 7 heavy (non-hydrogen) atoms. The minimum absolute atomic E-state index is 0. The molecule has 0 fully saturated rings. The van der Waals surface area contributed by atoms with Gasteiger partial charge in [0.05, 0.1) is 0 Å². The normalized spacial score (nSPS) is 3.57. The van der Waals surface area contributed by atoms with Gasteiger partial charge in [-0.05, 0) is 0 Å². The molecule has 0 aliphatic rings. The molecule has 5 heteroatoms. The van der Waals surface area contributed by atoms with Crippen molar-refractivity contribution in [3.8, 4) is 0 Å². The molecule has 0 amide bonds. The van der Waals surface area contributed by atoms with E-state index in [1.165, 1.54) is 0 Å². The Kier molecular flexibility index (Phi) is 51.6. The van der Waals surface area contributed by atoms with Crippen LogP contribution in [0.1, 0.15) is 6.92 Å². The molecule has 0 heterocycles. The molecule has 0 aromatic rings. The second-order valence-corrected chi connectivity index (χ2v) is 0.519. The zero-order valence-electron chi connectivity index (χ0n) is 2.66. The Morgan fingerprint density at radius 3 is 1.43 bits per heavy atom. The van der Waals surface area contributed by atoms with Crippen LogP contribution in [0.15, 0.2) is 0 Å². The zero-order chi connectivity index (χ0) is 3.58. The molecule has 0 aromatic heterocycles. The first-order chi connectivity index (χ1) is 1.73. The van der Waals surface area contributed by atoms with Crippen molar-refractivity contribution in [1.29, 1.82) is 0 Å². The van der Waals surface area contributed by atoms with Crippen molar-refractivity contribution in [3.05, 3.63) is 0 Å². The molecule has 0 atom stereocenters. The third-order valence-corrected chi connectivity index (χ3v) is 0. The van der Waals surface area contributed by atoms with Gasteiger partial charge in [-0.15, -0.1) is 0 Å². The molecule has 1 N–H and O–H groups in total. The molecule has 0 saturated carbocycles. The summed E-state index contributed by atoms with van der Waals surface area (Å²) in [6.07, 6.45) is 0. The van der Waals surface area contributed by atoms with E-state index >= 15 is 0 Å². The molecule has 0 aliphatic carbocycles. The van der Waals surface area contributed by atoms with E-state index in [0.29, 0.717) is 0 Å². The topological polar surface area (TPSA) is 37.3 Å². The second-order valence-electron chi connectivity index (χ2n) is 0.519.